The minimum Gasteiger partial charge on any atom is -0.338 e. The molecule has 0 aliphatic heterocycles. The van der Waals surface area contributed by atoms with Gasteiger partial charge in [-0.05, 0) is 12.0 Å². The van der Waals surface area contributed by atoms with Crippen molar-refractivity contribution in [1.82, 2.24) is 15.5 Å². The van der Waals surface area contributed by atoms with Gasteiger partial charge in [0.1, 0.15) is 0 Å². The number of benzene rings is 1. The smallest absolute Gasteiger partial charge is 0.240 e. The number of rotatable bonds is 6. The van der Waals surface area contributed by atoms with Gasteiger partial charge >= 0.3 is 0 Å². The molecule has 0 aliphatic carbocycles. The fourth-order valence-electron chi connectivity index (χ4n) is 1.61. The molecular weight excluding hydrogens is 226 g/mol. The first kappa shape index (κ1) is 12.5. The quantitative estimate of drug-likeness (QED) is 0.626. The zero-order valence-electron chi connectivity index (χ0n) is 10.5. The fourth-order valence-corrected chi connectivity index (χ4v) is 1.61. The molecule has 1 aromatic heterocycles. The highest BCUT2D eigenvalue weighted by molar-refractivity contribution is 5.54. The van der Waals surface area contributed by atoms with E-state index < -0.39 is 0 Å². The van der Waals surface area contributed by atoms with Gasteiger partial charge in [0.25, 0.3) is 0 Å². The molecule has 4 heteroatoms. The van der Waals surface area contributed by atoms with E-state index in [9.17, 15) is 0 Å². The summed E-state index contributed by atoms with van der Waals surface area (Å²) in [6, 6.07) is 8.21. The van der Waals surface area contributed by atoms with Crippen molar-refractivity contribution < 1.29 is 4.52 Å². The summed E-state index contributed by atoms with van der Waals surface area (Å²) in [5.74, 6) is 1.22. The van der Waals surface area contributed by atoms with Gasteiger partial charge in [-0.1, -0.05) is 42.4 Å². The van der Waals surface area contributed by atoms with E-state index in [1.165, 1.54) is 5.56 Å². The molecule has 4 nitrogen and oxygen atoms in total. The Balaban J connectivity index is 2.06. The number of aromatic nitrogens is 2. The Morgan fingerprint density at radius 3 is 2.78 bits per heavy atom. The molecule has 0 saturated carbocycles. The van der Waals surface area contributed by atoms with Crippen molar-refractivity contribution in [3.63, 3.8) is 0 Å². The lowest BCUT2D eigenvalue weighted by atomic mass is 10.1. The molecule has 0 aliphatic rings. The molecule has 0 amide bonds. The molecule has 1 N–H and O–H groups in total. The number of hydrogen-bond acceptors (Lipinski definition) is 4. The molecule has 2 rings (SSSR count). The SMILES string of the molecule is C=CCNCc1nc(-c2ccc(CC)cc2)no1. The Kier molecular flexibility index (Phi) is 4.25. The maximum absolute atomic E-state index is 5.16. The third kappa shape index (κ3) is 3.05. The lowest BCUT2D eigenvalue weighted by Crippen LogP contribution is -2.12. The Labute approximate surface area is 107 Å². The molecule has 0 fully saturated rings. The average molecular weight is 243 g/mol. The van der Waals surface area contributed by atoms with Crippen LogP contribution in [0.5, 0.6) is 0 Å². The zero-order chi connectivity index (χ0) is 12.8. The van der Waals surface area contributed by atoms with E-state index in [0.717, 1.165) is 18.5 Å². The zero-order valence-corrected chi connectivity index (χ0v) is 10.5. The van der Waals surface area contributed by atoms with Gasteiger partial charge in [-0.15, -0.1) is 6.58 Å². The van der Waals surface area contributed by atoms with E-state index in [2.05, 4.69) is 41.1 Å². The summed E-state index contributed by atoms with van der Waals surface area (Å²) >= 11 is 0. The van der Waals surface area contributed by atoms with Crippen LogP contribution in [0.4, 0.5) is 0 Å². The Hall–Kier alpha value is -1.94. The van der Waals surface area contributed by atoms with Crippen molar-refractivity contribution in [2.45, 2.75) is 19.9 Å². The van der Waals surface area contributed by atoms with Gasteiger partial charge in [0, 0.05) is 12.1 Å². The first-order valence-electron chi connectivity index (χ1n) is 6.07. The summed E-state index contributed by atoms with van der Waals surface area (Å²) in [4.78, 5) is 4.33. The highest BCUT2D eigenvalue weighted by atomic mass is 16.5. The molecule has 2 aromatic rings. The van der Waals surface area contributed by atoms with Gasteiger partial charge in [-0.2, -0.15) is 4.98 Å². The standard InChI is InChI=1S/C14H17N3O/c1-3-9-15-10-13-16-14(17-18-13)12-7-5-11(4-2)6-8-12/h3,5-8,15H,1,4,9-10H2,2H3. The molecule has 0 saturated heterocycles. The molecule has 1 aromatic carbocycles. The molecule has 0 unspecified atom stereocenters. The normalized spacial score (nSPS) is 10.5. The van der Waals surface area contributed by atoms with Crippen LogP contribution in [-0.2, 0) is 13.0 Å². The molecule has 1 heterocycles. The molecule has 0 radical (unpaired) electrons. The second-order valence-corrected chi connectivity index (χ2v) is 3.98. The van der Waals surface area contributed by atoms with Crippen LogP contribution in [0.3, 0.4) is 0 Å². The summed E-state index contributed by atoms with van der Waals surface area (Å²) in [5, 5.41) is 7.09. The number of nitrogens with one attached hydrogen (secondary N) is 1. The Morgan fingerprint density at radius 2 is 2.11 bits per heavy atom. The largest absolute Gasteiger partial charge is 0.338 e. The summed E-state index contributed by atoms with van der Waals surface area (Å²) in [5.41, 5.74) is 2.28. The number of hydrogen-bond donors (Lipinski definition) is 1. The first-order chi connectivity index (χ1) is 8.83. The van der Waals surface area contributed by atoms with Gasteiger partial charge in [-0.25, -0.2) is 0 Å². The minimum atomic E-state index is 0.562. The molecule has 0 atom stereocenters. The van der Waals surface area contributed by atoms with Crippen molar-refractivity contribution in [2.24, 2.45) is 0 Å². The van der Waals surface area contributed by atoms with Crippen LogP contribution in [0.1, 0.15) is 18.4 Å². The molecule has 94 valence electrons. The molecule has 18 heavy (non-hydrogen) atoms. The van der Waals surface area contributed by atoms with E-state index in [4.69, 9.17) is 4.52 Å². The van der Waals surface area contributed by atoms with Gasteiger partial charge < -0.3 is 9.84 Å². The van der Waals surface area contributed by atoms with Crippen LogP contribution in [0.15, 0.2) is 41.4 Å². The lowest BCUT2D eigenvalue weighted by molar-refractivity contribution is 0.370. The topological polar surface area (TPSA) is 51.0 Å². The molecule has 0 spiro atoms. The van der Waals surface area contributed by atoms with Gasteiger partial charge in [0.15, 0.2) is 0 Å². The van der Waals surface area contributed by atoms with Crippen LogP contribution in [0, 0.1) is 0 Å². The first-order valence-corrected chi connectivity index (χ1v) is 6.07. The monoisotopic (exact) mass is 243 g/mol. The second-order valence-electron chi connectivity index (χ2n) is 3.98. The Morgan fingerprint density at radius 1 is 1.33 bits per heavy atom. The van der Waals surface area contributed by atoms with E-state index in [0.29, 0.717) is 18.3 Å². The Bertz CT molecular complexity index is 502. The van der Waals surface area contributed by atoms with E-state index in [1.807, 2.05) is 12.1 Å². The van der Waals surface area contributed by atoms with Crippen molar-refractivity contribution >= 4 is 0 Å². The third-order valence-corrected chi connectivity index (χ3v) is 2.65. The highest BCUT2D eigenvalue weighted by Crippen LogP contribution is 2.16. The van der Waals surface area contributed by atoms with Gasteiger partial charge in [-0.3, -0.25) is 0 Å². The summed E-state index contributed by atoms with van der Waals surface area (Å²) < 4.78 is 5.16. The second kappa shape index (κ2) is 6.12. The van der Waals surface area contributed by atoms with Crippen LogP contribution in [0.2, 0.25) is 0 Å². The number of nitrogens with zero attached hydrogens (tertiary/aromatic N) is 2. The summed E-state index contributed by atoms with van der Waals surface area (Å²) in [6.45, 7) is 7.05. The third-order valence-electron chi connectivity index (χ3n) is 2.65. The van der Waals surface area contributed by atoms with Crippen LogP contribution in [0.25, 0.3) is 11.4 Å². The van der Waals surface area contributed by atoms with E-state index >= 15 is 0 Å². The minimum absolute atomic E-state index is 0.562. The maximum Gasteiger partial charge on any atom is 0.240 e. The van der Waals surface area contributed by atoms with Crippen molar-refractivity contribution in [2.75, 3.05) is 6.54 Å². The highest BCUT2D eigenvalue weighted by Gasteiger charge is 2.07. The van der Waals surface area contributed by atoms with Gasteiger partial charge in [0.05, 0.1) is 6.54 Å². The lowest BCUT2D eigenvalue weighted by Gasteiger charge is -1.97. The van der Waals surface area contributed by atoms with Crippen LogP contribution < -0.4 is 5.32 Å². The summed E-state index contributed by atoms with van der Waals surface area (Å²) in [7, 11) is 0. The van der Waals surface area contributed by atoms with Crippen LogP contribution in [-0.4, -0.2) is 16.7 Å². The maximum atomic E-state index is 5.16. The van der Waals surface area contributed by atoms with Crippen LogP contribution >= 0.6 is 0 Å². The predicted molar refractivity (Wildman–Crippen MR) is 71.0 cm³/mol. The van der Waals surface area contributed by atoms with Crippen molar-refractivity contribution in [3.05, 3.63) is 48.4 Å². The fraction of sp³-hybridized carbons (Fsp3) is 0.286. The van der Waals surface area contributed by atoms with Crippen molar-refractivity contribution in [3.8, 4) is 11.4 Å². The summed E-state index contributed by atoms with van der Waals surface area (Å²) in [6.07, 6.45) is 2.82. The van der Waals surface area contributed by atoms with Gasteiger partial charge in [0.2, 0.25) is 11.7 Å². The molecular formula is C14H17N3O. The van der Waals surface area contributed by atoms with E-state index in [-0.39, 0.29) is 0 Å². The predicted octanol–water partition coefficient (Wildman–Crippen LogP) is 2.57. The van der Waals surface area contributed by atoms with E-state index in [1.54, 1.807) is 6.08 Å². The average Bonchev–Trinajstić information content (AvgIpc) is 2.88. The molecule has 0 bridgehead atoms. The number of aryl methyl sites for hydroxylation is 1. The van der Waals surface area contributed by atoms with Crippen molar-refractivity contribution in [1.29, 1.82) is 0 Å².